The average molecular weight is 567 g/mol. The number of rotatable bonds is 8. The lowest BCUT2D eigenvalue weighted by Crippen LogP contribution is -2.54. The molecule has 0 bridgehead atoms. The summed E-state index contributed by atoms with van der Waals surface area (Å²) in [4.78, 5) is 23.1. The van der Waals surface area contributed by atoms with Gasteiger partial charge in [-0.25, -0.2) is 9.98 Å². The monoisotopic (exact) mass is 566 g/mol. The van der Waals surface area contributed by atoms with Crippen LogP contribution in [-0.4, -0.2) is 48.2 Å². The Morgan fingerprint density at radius 2 is 2.00 bits per heavy atom. The molecule has 2 N–H and O–H groups in total. The summed E-state index contributed by atoms with van der Waals surface area (Å²) in [5, 5.41) is 9.98. The summed E-state index contributed by atoms with van der Waals surface area (Å²) in [5.41, 5.74) is 0.756. The van der Waals surface area contributed by atoms with Gasteiger partial charge in [0.05, 0.1) is 26.4 Å². The van der Waals surface area contributed by atoms with Crippen LogP contribution in [0.1, 0.15) is 47.6 Å². The molecule has 1 saturated heterocycles. The number of benzene rings is 2. The zero-order valence-electron chi connectivity index (χ0n) is 22.7. The van der Waals surface area contributed by atoms with Gasteiger partial charge in [0, 0.05) is 40.8 Å². The van der Waals surface area contributed by atoms with Crippen molar-refractivity contribution in [3.63, 3.8) is 0 Å². The highest BCUT2D eigenvalue weighted by atomic mass is 32.2. The van der Waals surface area contributed by atoms with Crippen LogP contribution in [0, 0.1) is 5.92 Å². The molecule has 39 heavy (non-hydrogen) atoms. The molecule has 1 amide bonds. The number of aromatic nitrogens is 1. The van der Waals surface area contributed by atoms with Crippen molar-refractivity contribution in [1.29, 1.82) is 0 Å². The van der Waals surface area contributed by atoms with Crippen LogP contribution in [-0.2, 0) is 16.8 Å². The van der Waals surface area contributed by atoms with Gasteiger partial charge in [-0.2, -0.15) is 0 Å². The molecule has 1 aromatic heterocycles. The molecule has 3 aromatic rings. The van der Waals surface area contributed by atoms with Crippen LogP contribution < -0.4 is 20.1 Å². The van der Waals surface area contributed by atoms with Crippen molar-refractivity contribution in [2.75, 3.05) is 31.9 Å². The molecule has 1 unspecified atom stereocenters. The highest BCUT2D eigenvalue weighted by Crippen LogP contribution is 2.50. The van der Waals surface area contributed by atoms with Crippen molar-refractivity contribution in [2.45, 2.75) is 44.4 Å². The van der Waals surface area contributed by atoms with Gasteiger partial charge in [-0.05, 0) is 44.0 Å². The van der Waals surface area contributed by atoms with Gasteiger partial charge in [0.2, 0.25) is 0 Å². The van der Waals surface area contributed by atoms with Gasteiger partial charge >= 0.3 is 0 Å². The van der Waals surface area contributed by atoms with Crippen molar-refractivity contribution in [1.82, 2.24) is 10.3 Å². The number of anilines is 1. The molecule has 206 valence electrons. The van der Waals surface area contributed by atoms with E-state index in [1.165, 1.54) is 0 Å². The van der Waals surface area contributed by atoms with Gasteiger partial charge in [0.15, 0.2) is 5.17 Å². The number of methoxy groups -OCH3 is 2. The fourth-order valence-corrected chi connectivity index (χ4v) is 7.09. The van der Waals surface area contributed by atoms with Crippen molar-refractivity contribution < 1.29 is 19.0 Å². The second-order valence-corrected chi connectivity index (χ2v) is 11.9. The first kappa shape index (κ1) is 27.5. The summed E-state index contributed by atoms with van der Waals surface area (Å²) in [6, 6.07) is 15.0. The molecule has 8 nitrogen and oxygen atoms in total. The van der Waals surface area contributed by atoms with Crippen LogP contribution in [0.2, 0.25) is 0 Å². The van der Waals surface area contributed by atoms with E-state index in [1.807, 2.05) is 41.8 Å². The number of nitrogens with one attached hydrogen (secondary N) is 2. The van der Waals surface area contributed by atoms with Gasteiger partial charge in [-0.15, -0.1) is 11.3 Å². The van der Waals surface area contributed by atoms with Gasteiger partial charge in [-0.1, -0.05) is 36.9 Å². The molecule has 0 aliphatic carbocycles. The number of aliphatic imine (C=N–C) groups is 1. The fraction of sp³-hybridized carbons (Fsp3) is 0.414. The van der Waals surface area contributed by atoms with Gasteiger partial charge in [0.1, 0.15) is 27.9 Å². The third-order valence-electron chi connectivity index (χ3n) is 7.55. The van der Waals surface area contributed by atoms with Gasteiger partial charge in [-0.3, -0.25) is 4.79 Å². The standard InChI is InChI=1S/C29H34N4O4S2/c1-5-28(2)14-21-16-39-27(32-25(34)19-9-7-6-8-10-19)33-29(21,18-37-28)26-31-24(17-38-26)30-15-20-11-12-22(35-3)13-23(20)36-4/h6-13,17,21,30H,5,14-16,18H2,1-4H3,(H,32,33,34)/t21?,28-,29+/m0/s1. The minimum absolute atomic E-state index is 0.166. The Kier molecular flexibility index (Phi) is 8.16. The lowest BCUT2D eigenvalue weighted by molar-refractivity contribution is -0.122. The Morgan fingerprint density at radius 3 is 2.74 bits per heavy atom. The molecule has 0 saturated carbocycles. The number of fused-ring (bicyclic) bond motifs is 1. The van der Waals surface area contributed by atoms with Crippen molar-refractivity contribution in [2.24, 2.45) is 10.9 Å². The van der Waals surface area contributed by atoms with Crippen LogP contribution in [0.4, 0.5) is 5.82 Å². The maximum absolute atomic E-state index is 12.9. The van der Waals surface area contributed by atoms with E-state index in [9.17, 15) is 4.79 Å². The quantitative estimate of drug-likeness (QED) is 0.361. The van der Waals surface area contributed by atoms with E-state index in [0.717, 1.165) is 46.5 Å². The fourth-order valence-electron chi connectivity index (χ4n) is 4.96. The number of carbonyl (C=O) groups excluding carboxylic acids is 1. The van der Waals surface area contributed by atoms with Crippen molar-refractivity contribution in [3.8, 4) is 11.5 Å². The molecule has 2 aliphatic rings. The van der Waals surface area contributed by atoms with Gasteiger partial charge < -0.3 is 24.8 Å². The van der Waals surface area contributed by atoms with E-state index in [0.29, 0.717) is 23.9 Å². The largest absolute Gasteiger partial charge is 0.497 e. The van der Waals surface area contributed by atoms with Crippen LogP contribution in [0.25, 0.3) is 0 Å². The minimum atomic E-state index is -0.651. The SMILES string of the molecule is CC[C@@]1(C)CC2CSC(NC(=O)c3ccccc3)=N[C@]2(c2nc(NCc3ccc(OC)cc3OC)cs2)CO1. The van der Waals surface area contributed by atoms with Crippen LogP contribution in [0.5, 0.6) is 11.5 Å². The maximum Gasteiger partial charge on any atom is 0.257 e. The molecule has 0 spiro atoms. The predicted molar refractivity (Wildman–Crippen MR) is 157 cm³/mol. The molecule has 2 aliphatic heterocycles. The van der Waals surface area contributed by atoms with E-state index >= 15 is 0 Å². The van der Waals surface area contributed by atoms with Crippen LogP contribution in [0.15, 0.2) is 58.9 Å². The first-order chi connectivity index (χ1) is 18.9. The Morgan fingerprint density at radius 1 is 1.18 bits per heavy atom. The number of carbonyl (C=O) groups is 1. The zero-order chi connectivity index (χ0) is 27.5. The zero-order valence-corrected chi connectivity index (χ0v) is 24.3. The Bertz CT molecular complexity index is 1350. The van der Waals surface area contributed by atoms with Crippen LogP contribution >= 0.6 is 23.1 Å². The Labute approximate surface area is 237 Å². The summed E-state index contributed by atoms with van der Waals surface area (Å²) in [6.45, 7) is 5.31. The number of ether oxygens (including phenoxy) is 3. The summed E-state index contributed by atoms with van der Waals surface area (Å²) in [5.74, 6) is 3.17. The van der Waals surface area contributed by atoms with E-state index in [1.54, 1.807) is 49.5 Å². The van der Waals surface area contributed by atoms with Crippen LogP contribution in [0.3, 0.4) is 0 Å². The Hall–Kier alpha value is -3.08. The number of thioether (sulfide) groups is 1. The van der Waals surface area contributed by atoms with Gasteiger partial charge in [0.25, 0.3) is 5.91 Å². The first-order valence-corrected chi connectivity index (χ1v) is 14.9. The van der Waals surface area contributed by atoms with E-state index < -0.39 is 5.54 Å². The molecule has 2 aromatic carbocycles. The number of amides is 1. The van der Waals surface area contributed by atoms with E-state index in [-0.39, 0.29) is 17.4 Å². The molecular weight excluding hydrogens is 532 g/mol. The molecule has 3 atom stereocenters. The molecule has 3 heterocycles. The summed E-state index contributed by atoms with van der Waals surface area (Å²) in [7, 11) is 3.29. The maximum atomic E-state index is 12.9. The highest BCUT2D eigenvalue weighted by molar-refractivity contribution is 8.13. The summed E-state index contributed by atoms with van der Waals surface area (Å²) < 4.78 is 17.3. The molecular formula is C29H34N4O4S2. The third-order valence-corrected chi connectivity index (χ3v) is 9.59. The minimum Gasteiger partial charge on any atom is -0.497 e. The van der Waals surface area contributed by atoms with E-state index in [2.05, 4.69) is 24.5 Å². The van der Waals surface area contributed by atoms with E-state index in [4.69, 9.17) is 24.2 Å². The number of amidine groups is 1. The second kappa shape index (κ2) is 11.6. The number of nitrogens with zero attached hydrogens (tertiary/aromatic N) is 2. The topological polar surface area (TPSA) is 94.1 Å². The Balaban J connectivity index is 1.40. The molecule has 0 radical (unpaired) electrons. The molecule has 1 fully saturated rings. The number of hydrogen-bond acceptors (Lipinski definition) is 9. The lowest BCUT2D eigenvalue weighted by atomic mass is 9.75. The number of thiazole rings is 1. The first-order valence-electron chi connectivity index (χ1n) is 13.0. The predicted octanol–water partition coefficient (Wildman–Crippen LogP) is 5.71. The summed E-state index contributed by atoms with van der Waals surface area (Å²) >= 11 is 3.17. The van der Waals surface area contributed by atoms with Crippen molar-refractivity contribution in [3.05, 3.63) is 70.0 Å². The molecule has 10 heteroatoms. The normalized spacial score (nSPS) is 24.3. The lowest BCUT2D eigenvalue weighted by Gasteiger charge is -2.49. The number of hydrogen-bond donors (Lipinski definition) is 2. The molecule has 5 rings (SSSR count). The summed E-state index contributed by atoms with van der Waals surface area (Å²) in [6.07, 6.45) is 1.81. The average Bonchev–Trinajstić information content (AvgIpc) is 3.46. The van der Waals surface area contributed by atoms with Crippen molar-refractivity contribution >= 4 is 40.0 Å². The highest BCUT2D eigenvalue weighted by Gasteiger charge is 2.53. The smallest absolute Gasteiger partial charge is 0.257 e. The third kappa shape index (κ3) is 5.78. The second-order valence-electron chi connectivity index (χ2n) is 10.0.